The minimum atomic E-state index is -3.23. The molecule has 29 heavy (non-hydrogen) atoms. The summed E-state index contributed by atoms with van der Waals surface area (Å²) in [5, 5.41) is 13.6. The van der Waals surface area contributed by atoms with Crippen LogP contribution in [-0.2, 0) is 9.84 Å². The highest BCUT2D eigenvalue weighted by molar-refractivity contribution is 7.90. The number of carbonyl (C=O) groups is 1. The summed E-state index contributed by atoms with van der Waals surface area (Å²) in [6, 6.07) is 15.8. The first-order valence-corrected chi connectivity index (χ1v) is 11.7. The van der Waals surface area contributed by atoms with E-state index in [1.54, 1.807) is 29.2 Å². The summed E-state index contributed by atoms with van der Waals surface area (Å²) in [7, 11) is -3.23. The summed E-state index contributed by atoms with van der Waals surface area (Å²) in [6.07, 6.45) is 2.17. The Morgan fingerprint density at radius 2 is 1.62 bits per heavy atom. The third kappa shape index (κ3) is 5.36. The Morgan fingerprint density at radius 3 is 2.17 bits per heavy atom. The van der Waals surface area contributed by atoms with Gasteiger partial charge in [0.05, 0.1) is 17.0 Å². The summed E-state index contributed by atoms with van der Waals surface area (Å²) in [5.74, 6) is 0.141. The second kappa shape index (κ2) is 8.97. The Morgan fingerprint density at radius 1 is 1.03 bits per heavy atom. The number of urea groups is 1. The monoisotopic (exact) mass is 416 g/mol. The molecule has 156 valence electrons. The van der Waals surface area contributed by atoms with Crippen molar-refractivity contribution in [1.82, 2.24) is 10.2 Å². The number of benzene rings is 2. The van der Waals surface area contributed by atoms with Crippen molar-refractivity contribution < 1.29 is 18.3 Å². The molecule has 2 atom stereocenters. The molecule has 3 rings (SSSR count). The second-order valence-corrected chi connectivity index (χ2v) is 9.71. The Hall–Kier alpha value is -2.38. The van der Waals surface area contributed by atoms with Gasteiger partial charge in [-0.25, -0.2) is 13.2 Å². The standard InChI is InChI=1S/C22H28N2O4S/c1-16(17-8-10-20(11-9-17)29(2,27)28)23-22(26)24-14-12-19(13-15-24)21(25)18-6-4-3-5-7-18/h3-11,16,19,21,25H,12-15H2,1-2H3,(H,23,26). The number of aliphatic hydroxyl groups excluding tert-OH is 1. The van der Waals surface area contributed by atoms with Gasteiger partial charge in [0.15, 0.2) is 9.84 Å². The van der Waals surface area contributed by atoms with Crippen LogP contribution in [0.15, 0.2) is 59.5 Å². The largest absolute Gasteiger partial charge is 0.388 e. The van der Waals surface area contributed by atoms with E-state index in [4.69, 9.17) is 0 Å². The molecule has 2 aromatic rings. The molecule has 2 unspecified atom stereocenters. The van der Waals surface area contributed by atoms with Gasteiger partial charge in [0.2, 0.25) is 0 Å². The molecule has 1 fully saturated rings. The first kappa shape index (κ1) is 21.3. The summed E-state index contributed by atoms with van der Waals surface area (Å²) < 4.78 is 23.1. The quantitative estimate of drug-likeness (QED) is 0.783. The molecule has 2 N–H and O–H groups in total. The van der Waals surface area contributed by atoms with Crippen LogP contribution in [0.5, 0.6) is 0 Å². The Balaban J connectivity index is 1.53. The van der Waals surface area contributed by atoms with E-state index in [2.05, 4.69) is 5.32 Å². The summed E-state index contributed by atoms with van der Waals surface area (Å²) in [6.45, 7) is 3.07. The highest BCUT2D eigenvalue weighted by Crippen LogP contribution is 2.30. The first-order chi connectivity index (χ1) is 13.8. The molecular formula is C22H28N2O4S. The van der Waals surface area contributed by atoms with Crippen LogP contribution in [-0.4, -0.2) is 43.8 Å². The smallest absolute Gasteiger partial charge is 0.317 e. The number of piperidine rings is 1. The Bertz CT molecular complexity index is 921. The van der Waals surface area contributed by atoms with E-state index < -0.39 is 15.9 Å². The Kier molecular flexibility index (Phi) is 6.59. The topological polar surface area (TPSA) is 86.7 Å². The average molecular weight is 417 g/mol. The molecule has 0 spiro atoms. The van der Waals surface area contributed by atoms with E-state index in [1.165, 1.54) is 6.26 Å². The lowest BCUT2D eigenvalue weighted by Gasteiger charge is -2.35. The van der Waals surface area contributed by atoms with E-state index in [0.717, 1.165) is 24.0 Å². The molecule has 0 radical (unpaired) electrons. The molecule has 1 saturated heterocycles. The van der Waals surface area contributed by atoms with E-state index in [9.17, 15) is 18.3 Å². The van der Waals surface area contributed by atoms with Crippen LogP contribution in [0.3, 0.4) is 0 Å². The maximum Gasteiger partial charge on any atom is 0.317 e. The van der Waals surface area contributed by atoms with Gasteiger partial charge in [-0.3, -0.25) is 0 Å². The van der Waals surface area contributed by atoms with Crippen LogP contribution in [0.1, 0.15) is 43.0 Å². The van der Waals surface area contributed by atoms with Crippen molar-refractivity contribution in [3.8, 4) is 0 Å². The molecule has 1 aliphatic rings. The highest BCUT2D eigenvalue weighted by atomic mass is 32.2. The predicted octanol–water partition coefficient (Wildman–Crippen LogP) is 3.31. The van der Waals surface area contributed by atoms with Gasteiger partial charge in [-0.05, 0) is 48.9 Å². The maximum absolute atomic E-state index is 12.6. The second-order valence-electron chi connectivity index (χ2n) is 7.69. The van der Waals surface area contributed by atoms with Crippen LogP contribution < -0.4 is 5.32 Å². The van der Waals surface area contributed by atoms with Gasteiger partial charge >= 0.3 is 6.03 Å². The number of nitrogens with one attached hydrogen (secondary N) is 1. The number of nitrogens with zero attached hydrogens (tertiary/aromatic N) is 1. The van der Waals surface area contributed by atoms with Gasteiger partial charge in [0, 0.05) is 19.3 Å². The predicted molar refractivity (Wildman–Crippen MR) is 112 cm³/mol. The maximum atomic E-state index is 12.6. The van der Waals surface area contributed by atoms with Gasteiger partial charge in [0.1, 0.15) is 0 Å². The molecule has 2 aromatic carbocycles. The van der Waals surface area contributed by atoms with Gasteiger partial charge in [-0.1, -0.05) is 42.5 Å². The molecule has 1 heterocycles. The SMILES string of the molecule is CC(NC(=O)N1CCC(C(O)c2ccccc2)CC1)c1ccc(S(C)(=O)=O)cc1. The van der Waals surface area contributed by atoms with Crippen LogP contribution >= 0.6 is 0 Å². The van der Waals surface area contributed by atoms with E-state index in [0.29, 0.717) is 13.1 Å². The summed E-state index contributed by atoms with van der Waals surface area (Å²) in [5.41, 5.74) is 1.77. The minimum Gasteiger partial charge on any atom is -0.388 e. The van der Waals surface area contributed by atoms with Crippen LogP contribution in [0.25, 0.3) is 0 Å². The zero-order valence-corrected chi connectivity index (χ0v) is 17.6. The molecule has 6 nitrogen and oxygen atoms in total. The van der Waals surface area contributed by atoms with Crippen molar-refractivity contribution in [2.45, 2.75) is 36.8 Å². The van der Waals surface area contributed by atoms with Crippen LogP contribution in [0.2, 0.25) is 0 Å². The Labute approximate surface area is 172 Å². The lowest BCUT2D eigenvalue weighted by molar-refractivity contribution is 0.0662. The summed E-state index contributed by atoms with van der Waals surface area (Å²) in [4.78, 5) is 14.6. The molecule has 0 saturated carbocycles. The molecule has 0 aliphatic carbocycles. The third-order valence-electron chi connectivity index (χ3n) is 5.56. The number of likely N-dealkylation sites (tertiary alicyclic amines) is 1. The fourth-order valence-electron chi connectivity index (χ4n) is 3.70. The zero-order chi connectivity index (χ0) is 21.0. The molecule has 1 aliphatic heterocycles. The molecular weight excluding hydrogens is 388 g/mol. The van der Waals surface area contributed by atoms with Crippen molar-refractivity contribution in [3.63, 3.8) is 0 Å². The summed E-state index contributed by atoms with van der Waals surface area (Å²) >= 11 is 0. The average Bonchev–Trinajstić information content (AvgIpc) is 2.73. The highest BCUT2D eigenvalue weighted by Gasteiger charge is 2.28. The number of rotatable bonds is 5. The lowest BCUT2D eigenvalue weighted by atomic mass is 9.87. The van der Waals surface area contributed by atoms with Crippen molar-refractivity contribution in [3.05, 3.63) is 65.7 Å². The fourth-order valence-corrected chi connectivity index (χ4v) is 4.33. The van der Waals surface area contributed by atoms with E-state index in [-0.39, 0.29) is 22.9 Å². The number of hydrogen-bond acceptors (Lipinski definition) is 4. The molecule has 0 aromatic heterocycles. The van der Waals surface area contributed by atoms with Crippen molar-refractivity contribution in [2.24, 2.45) is 5.92 Å². The zero-order valence-electron chi connectivity index (χ0n) is 16.8. The number of aliphatic hydroxyl groups is 1. The molecule has 2 amide bonds. The van der Waals surface area contributed by atoms with Gasteiger partial charge < -0.3 is 15.3 Å². The number of sulfone groups is 1. The number of hydrogen-bond donors (Lipinski definition) is 2. The van der Waals surface area contributed by atoms with Gasteiger partial charge in [-0.2, -0.15) is 0 Å². The van der Waals surface area contributed by atoms with Crippen molar-refractivity contribution in [2.75, 3.05) is 19.3 Å². The van der Waals surface area contributed by atoms with Gasteiger partial charge in [0.25, 0.3) is 0 Å². The van der Waals surface area contributed by atoms with Crippen LogP contribution in [0, 0.1) is 5.92 Å². The van der Waals surface area contributed by atoms with E-state index >= 15 is 0 Å². The fraction of sp³-hybridized carbons (Fsp3) is 0.409. The first-order valence-electron chi connectivity index (χ1n) is 9.84. The minimum absolute atomic E-state index is 0.141. The van der Waals surface area contributed by atoms with Gasteiger partial charge in [-0.15, -0.1) is 0 Å². The van der Waals surface area contributed by atoms with Crippen molar-refractivity contribution in [1.29, 1.82) is 0 Å². The number of amides is 2. The third-order valence-corrected chi connectivity index (χ3v) is 6.69. The lowest BCUT2D eigenvalue weighted by Crippen LogP contribution is -2.45. The van der Waals surface area contributed by atoms with Crippen LogP contribution in [0.4, 0.5) is 4.79 Å². The number of carbonyl (C=O) groups excluding carboxylic acids is 1. The molecule has 7 heteroatoms. The molecule has 0 bridgehead atoms. The van der Waals surface area contributed by atoms with E-state index in [1.807, 2.05) is 37.3 Å². The van der Waals surface area contributed by atoms with Crippen molar-refractivity contribution >= 4 is 15.9 Å². The normalized spacial score (nSPS) is 17.6.